The lowest BCUT2D eigenvalue weighted by Crippen LogP contribution is -2.22. The van der Waals surface area contributed by atoms with Crippen molar-refractivity contribution in [2.45, 2.75) is 38.6 Å². The van der Waals surface area contributed by atoms with Crippen LogP contribution in [-0.4, -0.2) is 66.8 Å². The molecule has 3 aromatic rings. The number of hydrogen-bond acceptors (Lipinski definition) is 10. The molecule has 40 heavy (non-hydrogen) atoms. The van der Waals surface area contributed by atoms with E-state index in [-0.39, 0.29) is 11.6 Å². The Hall–Kier alpha value is -3.67. The number of Topliss-reactive ketones (excluding diaryl/α,β-unsaturated/α-hetero) is 1. The number of carbonyl (C=O) groups is 1. The van der Waals surface area contributed by atoms with Gasteiger partial charge in [0.25, 0.3) is 0 Å². The average Bonchev–Trinajstić information content (AvgIpc) is 3.51. The zero-order valence-electron chi connectivity index (χ0n) is 22.8. The Morgan fingerprint density at radius 1 is 0.875 bits per heavy atom. The Morgan fingerprint density at radius 3 is 2.27 bits per heavy atom. The van der Waals surface area contributed by atoms with Crippen LogP contribution < -0.4 is 21.3 Å². The Bertz CT molecular complexity index is 1190. The van der Waals surface area contributed by atoms with E-state index in [1.165, 1.54) is 12.1 Å². The van der Waals surface area contributed by atoms with Gasteiger partial charge < -0.3 is 30.7 Å². The third-order valence-electron chi connectivity index (χ3n) is 6.37. The molecule has 0 unspecified atom stereocenters. The van der Waals surface area contributed by atoms with Crippen LogP contribution in [0, 0.1) is 5.82 Å². The number of hydrogen-bond donors (Lipinski definition) is 3. The molecule has 0 bridgehead atoms. The van der Waals surface area contributed by atoms with Crippen LogP contribution in [0.15, 0.2) is 48.5 Å². The smallest absolute Gasteiger partial charge is 0.233 e. The summed E-state index contributed by atoms with van der Waals surface area (Å²) in [5.74, 6) is 1.39. The molecule has 2 heterocycles. The maximum atomic E-state index is 13.2. The minimum atomic E-state index is -0.270. The number of ketones is 1. The molecule has 0 amide bonds. The number of benzene rings is 2. The van der Waals surface area contributed by atoms with Crippen molar-refractivity contribution in [1.29, 1.82) is 0 Å². The first-order valence-corrected chi connectivity index (χ1v) is 13.8. The highest BCUT2D eigenvalue weighted by Gasteiger charge is 2.18. The minimum absolute atomic E-state index is 0.174. The van der Waals surface area contributed by atoms with Crippen molar-refractivity contribution in [1.82, 2.24) is 15.0 Å². The quantitative estimate of drug-likeness (QED) is 0.213. The van der Waals surface area contributed by atoms with Crippen molar-refractivity contribution >= 4 is 29.3 Å². The largest absolute Gasteiger partial charge is 0.379 e. The Balaban J connectivity index is 1.29. The van der Waals surface area contributed by atoms with Crippen LogP contribution in [0.4, 0.5) is 27.9 Å². The van der Waals surface area contributed by atoms with Gasteiger partial charge in [-0.2, -0.15) is 15.0 Å². The molecule has 1 aliphatic heterocycles. The molecule has 214 valence electrons. The number of carbonyl (C=O) groups excluding carboxylic acids is 1. The molecule has 4 N–H and O–H groups in total. The molecular formula is C29H38FN7O3. The van der Waals surface area contributed by atoms with Gasteiger partial charge in [0.1, 0.15) is 11.6 Å². The van der Waals surface area contributed by atoms with Gasteiger partial charge in [0.2, 0.25) is 17.8 Å². The standard InChI is InChI=1S/C29H38FN7O3/c30-24-9-5-23(6-10-24)21-32-27-34-28(36-29(35-27)37-14-1-2-15-37)33-25-11-7-22(8-12-25)20-26(38)4-3-16-39-18-19-40-17-13-31/h5-12H,1-4,13-21,31H2,(H2,32,33,34,35,36). The monoisotopic (exact) mass is 551 g/mol. The van der Waals surface area contributed by atoms with Crippen LogP contribution in [-0.2, 0) is 27.2 Å². The van der Waals surface area contributed by atoms with Crippen molar-refractivity contribution in [2.24, 2.45) is 5.73 Å². The van der Waals surface area contributed by atoms with E-state index in [2.05, 4.69) is 30.5 Å². The van der Waals surface area contributed by atoms with E-state index < -0.39 is 0 Å². The van der Waals surface area contributed by atoms with Crippen LogP contribution in [0.1, 0.15) is 36.8 Å². The van der Waals surface area contributed by atoms with Crippen molar-refractivity contribution in [3.05, 3.63) is 65.5 Å². The van der Waals surface area contributed by atoms with Gasteiger partial charge in [0.05, 0.1) is 19.8 Å². The fourth-order valence-electron chi connectivity index (χ4n) is 4.27. The highest BCUT2D eigenvalue weighted by atomic mass is 19.1. The molecule has 0 atom stereocenters. The molecule has 1 saturated heterocycles. The second kappa shape index (κ2) is 15.8. The summed E-state index contributed by atoms with van der Waals surface area (Å²) in [5, 5.41) is 6.49. The van der Waals surface area contributed by atoms with Gasteiger partial charge in [0.15, 0.2) is 0 Å². The Labute approximate surface area is 234 Å². The summed E-state index contributed by atoms with van der Waals surface area (Å²) in [5.41, 5.74) is 8.04. The van der Waals surface area contributed by atoms with Crippen molar-refractivity contribution in [3.63, 3.8) is 0 Å². The highest BCUT2D eigenvalue weighted by Crippen LogP contribution is 2.22. The molecule has 11 heteroatoms. The number of ether oxygens (including phenoxy) is 2. The number of nitrogens with one attached hydrogen (secondary N) is 2. The summed E-state index contributed by atoms with van der Waals surface area (Å²) in [6.45, 7) is 4.86. The summed E-state index contributed by atoms with van der Waals surface area (Å²) >= 11 is 0. The fourth-order valence-corrected chi connectivity index (χ4v) is 4.27. The molecular weight excluding hydrogens is 513 g/mol. The van der Waals surface area contributed by atoms with Gasteiger partial charge in [-0.15, -0.1) is 0 Å². The molecule has 0 saturated carbocycles. The van der Waals surface area contributed by atoms with Crippen molar-refractivity contribution < 1.29 is 18.7 Å². The van der Waals surface area contributed by atoms with Crippen LogP contribution in [0.25, 0.3) is 0 Å². The Kier molecular flexibility index (Phi) is 11.6. The molecule has 4 rings (SSSR count). The topological polar surface area (TPSA) is 128 Å². The highest BCUT2D eigenvalue weighted by molar-refractivity contribution is 5.81. The lowest BCUT2D eigenvalue weighted by molar-refractivity contribution is -0.118. The molecule has 1 aliphatic rings. The maximum absolute atomic E-state index is 13.2. The van der Waals surface area contributed by atoms with E-state index in [4.69, 9.17) is 15.2 Å². The van der Waals surface area contributed by atoms with Gasteiger partial charge in [-0.1, -0.05) is 24.3 Å². The lowest BCUT2D eigenvalue weighted by atomic mass is 10.1. The fraction of sp³-hybridized carbons (Fsp3) is 0.448. The normalized spacial score (nSPS) is 13.0. The first kappa shape index (κ1) is 29.3. The molecule has 0 spiro atoms. The number of nitrogens with two attached hydrogens (primary N) is 1. The van der Waals surface area contributed by atoms with Crippen LogP contribution in [0.2, 0.25) is 0 Å². The van der Waals surface area contributed by atoms with Crippen molar-refractivity contribution in [3.8, 4) is 0 Å². The van der Waals surface area contributed by atoms with Gasteiger partial charge in [0, 0.05) is 51.3 Å². The van der Waals surface area contributed by atoms with E-state index in [9.17, 15) is 9.18 Å². The molecule has 0 radical (unpaired) electrons. The second-order valence-electron chi connectivity index (χ2n) is 9.61. The van der Waals surface area contributed by atoms with E-state index in [0.29, 0.717) is 76.6 Å². The molecule has 1 fully saturated rings. The summed E-state index contributed by atoms with van der Waals surface area (Å²) in [6.07, 6.45) is 3.74. The maximum Gasteiger partial charge on any atom is 0.233 e. The van der Waals surface area contributed by atoms with E-state index in [1.54, 1.807) is 12.1 Å². The summed E-state index contributed by atoms with van der Waals surface area (Å²) in [7, 11) is 0. The van der Waals surface area contributed by atoms with Crippen LogP contribution >= 0.6 is 0 Å². The number of anilines is 4. The van der Waals surface area contributed by atoms with Gasteiger partial charge in [-0.25, -0.2) is 4.39 Å². The number of nitrogens with zero attached hydrogens (tertiary/aromatic N) is 4. The summed E-state index contributed by atoms with van der Waals surface area (Å²) in [4.78, 5) is 28.3. The lowest BCUT2D eigenvalue weighted by Gasteiger charge is -2.17. The average molecular weight is 552 g/mol. The van der Waals surface area contributed by atoms with Gasteiger partial charge >= 0.3 is 0 Å². The SMILES string of the molecule is NCCOCCOCCCC(=O)Cc1ccc(Nc2nc(NCc3ccc(F)cc3)nc(N3CCCC3)n2)cc1. The molecule has 10 nitrogen and oxygen atoms in total. The van der Waals surface area contributed by atoms with Crippen molar-refractivity contribution in [2.75, 3.05) is 61.6 Å². The third kappa shape index (κ3) is 9.82. The first-order valence-electron chi connectivity index (χ1n) is 13.8. The van der Waals surface area contributed by atoms with E-state index in [1.807, 2.05) is 24.3 Å². The zero-order chi connectivity index (χ0) is 28.0. The summed E-state index contributed by atoms with van der Waals surface area (Å²) in [6, 6.07) is 14.0. The number of halogens is 1. The third-order valence-corrected chi connectivity index (χ3v) is 6.37. The predicted octanol–water partition coefficient (Wildman–Crippen LogP) is 3.85. The molecule has 2 aromatic carbocycles. The molecule has 1 aromatic heterocycles. The van der Waals surface area contributed by atoms with Gasteiger partial charge in [-0.3, -0.25) is 4.79 Å². The first-order chi connectivity index (χ1) is 19.6. The Morgan fingerprint density at radius 2 is 1.55 bits per heavy atom. The zero-order valence-corrected chi connectivity index (χ0v) is 22.8. The summed E-state index contributed by atoms with van der Waals surface area (Å²) < 4.78 is 24.0. The second-order valence-corrected chi connectivity index (χ2v) is 9.61. The van der Waals surface area contributed by atoms with E-state index >= 15 is 0 Å². The minimum Gasteiger partial charge on any atom is -0.379 e. The van der Waals surface area contributed by atoms with Crippen LogP contribution in [0.3, 0.4) is 0 Å². The van der Waals surface area contributed by atoms with Gasteiger partial charge in [-0.05, 0) is 54.7 Å². The predicted molar refractivity (Wildman–Crippen MR) is 153 cm³/mol. The van der Waals surface area contributed by atoms with Crippen LogP contribution in [0.5, 0.6) is 0 Å². The molecule has 0 aliphatic carbocycles. The van der Waals surface area contributed by atoms with E-state index in [0.717, 1.165) is 42.7 Å². The number of aromatic nitrogens is 3. The number of rotatable bonds is 17.